The number of hydrogen-bond donors (Lipinski definition) is 3. The summed E-state index contributed by atoms with van der Waals surface area (Å²) in [6.45, 7) is 1.57. The number of aromatic nitrogens is 1. The number of carbonyl (C=O) groups excluding carboxylic acids is 2. The van der Waals surface area contributed by atoms with E-state index < -0.39 is 17.9 Å². The van der Waals surface area contributed by atoms with Crippen molar-refractivity contribution in [3.05, 3.63) is 16.1 Å². The van der Waals surface area contributed by atoms with E-state index in [4.69, 9.17) is 5.11 Å². The summed E-state index contributed by atoms with van der Waals surface area (Å²) in [5, 5.41) is 15.2. The van der Waals surface area contributed by atoms with E-state index in [2.05, 4.69) is 15.6 Å². The van der Waals surface area contributed by atoms with Crippen LogP contribution < -0.4 is 10.6 Å². The second-order valence-corrected chi connectivity index (χ2v) is 5.18. The predicted octanol–water partition coefficient (Wildman–Crippen LogP) is 0.238. The maximum absolute atomic E-state index is 11.8. The van der Waals surface area contributed by atoms with Crippen LogP contribution in [-0.4, -0.2) is 40.0 Å². The minimum atomic E-state index is -1.18. The van der Waals surface area contributed by atoms with Crippen molar-refractivity contribution in [3.8, 4) is 0 Å². The molecule has 7 nitrogen and oxygen atoms in total. The second-order valence-electron chi connectivity index (χ2n) is 4.32. The fraction of sp³-hybridized carbons (Fsp3) is 0.455. The van der Waals surface area contributed by atoms with Gasteiger partial charge >= 0.3 is 5.97 Å². The maximum atomic E-state index is 11.8. The van der Waals surface area contributed by atoms with Crippen molar-refractivity contribution in [3.63, 3.8) is 0 Å². The van der Waals surface area contributed by atoms with Crippen LogP contribution in [-0.2, 0) is 4.79 Å². The van der Waals surface area contributed by atoms with Crippen LogP contribution in [0.15, 0.2) is 5.38 Å². The van der Waals surface area contributed by atoms with Crippen LogP contribution >= 0.6 is 11.3 Å². The summed E-state index contributed by atoms with van der Waals surface area (Å²) < 4.78 is 0. The molecule has 0 spiro atoms. The highest BCUT2D eigenvalue weighted by atomic mass is 32.1. The molecule has 1 fully saturated rings. The average Bonchev–Trinajstić information content (AvgIpc) is 3.01. The maximum Gasteiger partial charge on any atom is 0.365 e. The molecule has 0 aliphatic heterocycles. The first-order valence-corrected chi connectivity index (χ1v) is 6.65. The molecule has 1 atom stereocenters. The lowest BCUT2D eigenvalue weighted by atomic mass is 10.3. The number of nitrogens with zero attached hydrogens (tertiary/aromatic N) is 1. The van der Waals surface area contributed by atoms with Crippen molar-refractivity contribution in [2.75, 3.05) is 0 Å². The molecule has 102 valence electrons. The highest BCUT2D eigenvalue weighted by Gasteiger charge is 2.26. The van der Waals surface area contributed by atoms with Crippen molar-refractivity contribution in [1.82, 2.24) is 15.6 Å². The molecular formula is C11H13N3O4S. The Morgan fingerprint density at radius 2 is 2.16 bits per heavy atom. The highest BCUT2D eigenvalue weighted by Crippen LogP contribution is 2.18. The molecule has 1 aromatic heterocycles. The summed E-state index contributed by atoms with van der Waals surface area (Å²) >= 11 is 0.870. The SMILES string of the molecule is CC(NC(=O)c1csc(C(=O)O)n1)C(=O)NC1CC1. The Bertz CT molecular complexity index is 524. The molecule has 8 heteroatoms. The topological polar surface area (TPSA) is 108 Å². The summed E-state index contributed by atoms with van der Waals surface area (Å²) in [7, 11) is 0. The van der Waals surface area contributed by atoms with E-state index in [0.29, 0.717) is 0 Å². The average molecular weight is 283 g/mol. The number of amides is 2. The van der Waals surface area contributed by atoms with E-state index in [1.165, 1.54) is 5.38 Å². The monoisotopic (exact) mass is 283 g/mol. The van der Waals surface area contributed by atoms with Gasteiger partial charge in [0, 0.05) is 11.4 Å². The Labute approximate surface area is 113 Å². The van der Waals surface area contributed by atoms with E-state index in [-0.39, 0.29) is 22.7 Å². The largest absolute Gasteiger partial charge is 0.476 e. The normalized spacial score (nSPS) is 15.6. The van der Waals surface area contributed by atoms with Crippen LogP contribution in [0.4, 0.5) is 0 Å². The molecule has 2 amide bonds. The van der Waals surface area contributed by atoms with Gasteiger partial charge in [0.2, 0.25) is 10.9 Å². The Hall–Kier alpha value is -1.96. The smallest absolute Gasteiger partial charge is 0.365 e. The van der Waals surface area contributed by atoms with Gasteiger partial charge in [-0.15, -0.1) is 11.3 Å². The van der Waals surface area contributed by atoms with Crippen molar-refractivity contribution >= 4 is 29.1 Å². The molecule has 1 saturated carbocycles. The molecule has 3 N–H and O–H groups in total. The van der Waals surface area contributed by atoms with Crippen LogP contribution in [0, 0.1) is 0 Å². The van der Waals surface area contributed by atoms with Gasteiger partial charge in [0.05, 0.1) is 0 Å². The highest BCUT2D eigenvalue weighted by molar-refractivity contribution is 7.11. The first kappa shape index (κ1) is 13.5. The Balaban J connectivity index is 1.91. The number of hydrogen-bond acceptors (Lipinski definition) is 5. The van der Waals surface area contributed by atoms with Gasteiger partial charge in [-0.2, -0.15) is 0 Å². The summed E-state index contributed by atoms with van der Waals surface area (Å²) in [6, 6.07) is -0.451. The van der Waals surface area contributed by atoms with Crippen LogP contribution in [0.3, 0.4) is 0 Å². The lowest BCUT2D eigenvalue weighted by Crippen LogP contribution is -2.45. The molecule has 0 aromatic carbocycles. The lowest BCUT2D eigenvalue weighted by molar-refractivity contribution is -0.122. The molecule has 19 heavy (non-hydrogen) atoms. The number of carbonyl (C=O) groups is 3. The minimum Gasteiger partial charge on any atom is -0.476 e. The van der Waals surface area contributed by atoms with E-state index in [0.717, 1.165) is 24.2 Å². The number of rotatable bonds is 5. The fourth-order valence-corrected chi connectivity index (χ4v) is 2.00. The zero-order chi connectivity index (χ0) is 14.0. The van der Waals surface area contributed by atoms with Crippen LogP contribution in [0.1, 0.15) is 40.1 Å². The van der Waals surface area contributed by atoms with Gasteiger partial charge in [-0.25, -0.2) is 9.78 Å². The number of carboxylic acids is 1. The Morgan fingerprint density at radius 3 is 2.68 bits per heavy atom. The predicted molar refractivity (Wildman–Crippen MR) is 67.2 cm³/mol. The summed E-state index contributed by atoms with van der Waals surface area (Å²) in [5.41, 5.74) is 0.00784. The van der Waals surface area contributed by atoms with Crippen LogP contribution in [0.5, 0.6) is 0 Å². The quantitative estimate of drug-likeness (QED) is 0.717. The second kappa shape index (κ2) is 5.35. The van der Waals surface area contributed by atoms with Gasteiger partial charge in [-0.05, 0) is 19.8 Å². The molecule has 1 aliphatic carbocycles. The molecule has 1 unspecified atom stereocenters. The summed E-state index contributed by atoms with van der Waals surface area (Å²) in [5.74, 6) is -1.98. The molecule has 1 aromatic rings. The number of nitrogens with one attached hydrogen (secondary N) is 2. The van der Waals surface area contributed by atoms with Crippen molar-refractivity contribution in [1.29, 1.82) is 0 Å². The minimum absolute atomic E-state index is 0.00784. The molecule has 2 rings (SSSR count). The number of carboxylic acid groups (broad SMARTS) is 1. The van der Waals surface area contributed by atoms with E-state index in [1.807, 2.05) is 0 Å². The van der Waals surface area contributed by atoms with Crippen molar-refractivity contribution in [2.24, 2.45) is 0 Å². The first-order chi connectivity index (χ1) is 8.97. The summed E-state index contributed by atoms with van der Waals surface area (Å²) in [4.78, 5) is 37.7. The van der Waals surface area contributed by atoms with Crippen molar-refractivity contribution in [2.45, 2.75) is 31.8 Å². The number of thiazole rings is 1. The summed E-state index contributed by atoms with van der Waals surface area (Å²) in [6.07, 6.45) is 1.95. The standard InChI is InChI=1S/C11H13N3O4S/c1-5(8(15)13-6-2-3-6)12-9(16)7-4-19-10(14-7)11(17)18/h4-6H,2-3H2,1H3,(H,12,16)(H,13,15)(H,17,18). The number of aromatic carboxylic acids is 1. The van der Waals surface area contributed by atoms with E-state index >= 15 is 0 Å². The molecular weight excluding hydrogens is 270 g/mol. The fourth-order valence-electron chi connectivity index (χ4n) is 1.37. The molecule has 1 aliphatic rings. The van der Waals surface area contributed by atoms with Gasteiger partial charge in [-0.1, -0.05) is 0 Å². The van der Waals surface area contributed by atoms with Gasteiger partial charge < -0.3 is 15.7 Å². The van der Waals surface area contributed by atoms with Crippen LogP contribution in [0.2, 0.25) is 0 Å². The lowest BCUT2D eigenvalue weighted by Gasteiger charge is -2.12. The van der Waals surface area contributed by atoms with Gasteiger partial charge in [0.1, 0.15) is 11.7 Å². The van der Waals surface area contributed by atoms with Gasteiger partial charge in [-0.3, -0.25) is 9.59 Å². The van der Waals surface area contributed by atoms with Gasteiger partial charge in [0.15, 0.2) is 0 Å². The zero-order valence-electron chi connectivity index (χ0n) is 10.2. The molecule has 0 bridgehead atoms. The first-order valence-electron chi connectivity index (χ1n) is 5.77. The van der Waals surface area contributed by atoms with E-state index in [1.54, 1.807) is 6.92 Å². The molecule has 0 saturated heterocycles. The third-order valence-electron chi connectivity index (χ3n) is 2.58. The molecule has 0 radical (unpaired) electrons. The van der Waals surface area contributed by atoms with Crippen LogP contribution in [0.25, 0.3) is 0 Å². The zero-order valence-corrected chi connectivity index (χ0v) is 11.0. The van der Waals surface area contributed by atoms with E-state index in [9.17, 15) is 14.4 Å². The third-order valence-corrected chi connectivity index (χ3v) is 3.41. The Kier molecular flexibility index (Phi) is 3.79. The molecule has 1 heterocycles. The van der Waals surface area contributed by atoms with Crippen molar-refractivity contribution < 1.29 is 19.5 Å². The van der Waals surface area contributed by atoms with Gasteiger partial charge in [0.25, 0.3) is 5.91 Å². The third kappa shape index (κ3) is 3.50. The Morgan fingerprint density at radius 1 is 1.47 bits per heavy atom.